The molecule has 2 aromatic rings. The highest BCUT2D eigenvalue weighted by atomic mass is 16.3. The number of hydrogen-bond acceptors (Lipinski definition) is 1. The molecule has 0 bridgehead atoms. The third-order valence-corrected chi connectivity index (χ3v) is 3.07. The van der Waals surface area contributed by atoms with Gasteiger partial charge >= 0.3 is 0 Å². The first kappa shape index (κ1) is 9.22. The van der Waals surface area contributed by atoms with Crippen LogP contribution in [-0.2, 0) is 0 Å². The van der Waals surface area contributed by atoms with Gasteiger partial charge < -0.3 is 5.11 Å². The Bertz CT molecular complexity index is 555. The van der Waals surface area contributed by atoms with Crippen molar-refractivity contribution in [2.24, 2.45) is 0 Å². The fourth-order valence-corrected chi connectivity index (χ4v) is 2.27. The zero-order chi connectivity index (χ0) is 11.0. The predicted octanol–water partition coefficient (Wildman–Crippen LogP) is 3.55. The van der Waals surface area contributed by atoms with Crippen LogP contribution in [0.3, 0.4) is 0 Å². The summed E-state index contributed by atoms with van der Waals surface area (Å²) in [5.74, 6) is 0.561. The number of rotatable bonds is 1. The van der Waals surface area contributed by atoms with Gasteiger partial charge in [-0.3, -0.25) is 0 Å². The highest BCUT2D eigenvalue weighted by Crippen LogP contribution is 2.38. The number of allylic oxidation sites excluding steroid dienone is 1. The molecule has 0 fully saturated rings. The molecule has 0 aromatic heterocycles. The first-order chi connectivity index (χ1) is 7.86. The molecule has 1 aliphatic carbocycles. The molecule has 0 radical (unpaired) electrons. The number of benzene rings is 2. The molecular formula is C15H12O. The number of phenolic OH excluding ortho intramolecular Hbond substituents is 1. The summed E-state index contributed by atoms with van der Waals surface area (Å²) in [7, 11) is 0. The fraction of sp³-hybridized carbons (Fsp3) is 0.0667. The highest BCUT2D eigenvalue weighted by molar-refractivity contribution is 5.66. The molecule has 0 saturated carbocycles. The van der Waals surface area contributed by atoms with Crippen molar-refractivity contribution in [2.75, 3.05) is 0 Å². The molecule has 1 unspecified atom stereocenters. The smallest absolute Gasteiger partial charge is 0.119 e. The zero-order valence-corrected chi connectivity index (χ0v) is 8.80. The summed E-state index contributed by atoms with van der Waals surface area (Å²) in [5.41, 5.74) is 3.49. The van der Waals surface area contributed by atoms with Gasteiger partial charge in [0.15, 0.2) is 0 Å². The third-order valence-electron chi connectivity index (χ3n) is 3.07. The first-order valence-corrected chi connectivity index (χ1v) is 5.41. The van der Waals surface area contributed by atoms with Crippen LogP contribution in [0.2, 0.25) is 0 Å². The summed E-state index contributed by atoms with van der Waals surface area (Å²) >= 11 is 0. The minimum Gasteiger partial charge on any atom is -0.508 e. The SMILES string of the molecule is Oc1ccccc1C1C=Cc2ccccc21. The molecule has 1 N–H and O–H groups in total. The largest absolute Gasteiger partial charge is 0.508 e. The molecule has 0 amide bonds. The number of hydrogen-bond donors (Lipinski definition) is 1. The molecule has 1 aliphatic rings. The van der Waals surface area contributed by atoms with Gasteiger partial charge in [0.05, 0.1) is 0 Å². The Balaban J connectivity index is 2.12. The fourth-order valence-electron chi connectivity index (χ4n) is 2.27. The summed E-state index contributed by atoms with van der Waals surface area (Å²) < 4.78 is 0. The van der Waals surface area contributed by atoms with E-state index in [1.165, 1.54) is 11.1 Å². The molecule has 0 spiro atoms. The van der Waals surface area contributed by atoms with Crippen molar-refractivity contribution in [1.82, 2.24) is 0 Å². The van der Waals surface area contributed by atoms with Gasteiger partial charge in [-0.1, -0.05) is 54.6 Å². The topological polar surface area (TPSA) is 20.2 Å². The summed E-state index contributed by atoms with van der Waals surface area (Å²) in [6.07, 6.45) is 4.26. The van der Waals surface area contributed by atoms with E-state index in [1.807, 2.05) is 30.3 Å². The van der Waals surface area contributed by atoms with Gasteiger partial charge in [-0.2, -0.15) is 0 Å². The lowest BCUT2D eigenvalue weighted by atomic mass is 9.92. The highest BCUT2D eigenvalue weighted by Gasteiger charge is 2.20. The Kier molecular flexibility index (Phi) is 2.03. The van der Waals surface area contributed by atoms with Crippen LogP contribution in [0.25, 0.3) is 6.08 Å². The Hall–Kier alpha value is -2.02. The molecule has 1 nitrogen and oxygen atoms in total. The van der Waals surface area contributed by atoms with E-state index < -0.39 is 0 Å². The predicted molar refractivity (Wildman–Crippen MR) is 65.4 cm³/mol. The number of para-hydroxylation sites is 1. The van der Waals surface area contributed by atoms with Crippen LogP contribution >= 0.6 is 0 Å². The molecule has 0 aliphatic heterocycles. The lowest BCUT2D eigenvalue weighted by molar-refractivity contribution is 0.468. The lowest BCUT2D eigenvalue weighted by Gasteiger charge is -2.12. The van der Waals surface area contributed by atoms with Crippen molar-refractivity contribution in [3.63, 3.8) is 0 Å². The van der Waals surface area contributed by atoms with Crippen LogP contribution in [0, 0.1) is 0 Å². The quantitative estimate of drug-likeness (QED) is 0.759. The standard InChI is InChI=1S/C15H12O/c16-15-8-4-3-7-14(15)13-10-9-11-5-1-2-6-12(11)13/h1-10,13,16H. The summed E-state index contributed by atoms with van der Waals surface area (Å²) in [6, 6.07) is 15.8. The summed E-state index contributed by atoms with van der Waals surface area (Å²) in [4.78, 5) is 0. The van der Waals surface area contributed by atoms with Crippen LogP contribution in [-0.4, -0.2) is 5.11 Å². The van der Waals surface area contributed by atoms with Crippen molar-refractivity contribution in [1.29, 1.82) is 0 Å². The van der Waals surface area contributed by atoms with Crippen LogP contribution in [0.15, 0.2) is 54.6 Å². The molecule has 1 atom stereocenters. The Morgan fingerprint density at radius 1 is 0.812 bits per heavy atom. The number of fused-ring (bicyclic) bond motifs is 1. The van der Waals surface area contributed by atoms with Crippen LogP contribution in [0.4, 0.5) is 0 Å². The minimum absolute atomic E-state index is 0.192. The molecule has 3 rings (SSSR count). The van der Waals surface area contributed by atoms with Crippen molar-refractivity contribution >= 4 is 6.08 Å². The Morgan fingerprint density at radius 3 is 2.31 bits per heavy atom. The normalized spacial score (nSPS) is 17.4. The first-order valence-electron chi connectivity index (χ1n) is 5.41. The van der Waals surface area contributed by atoms with E-state index in [2.05, 4.69) is 24.3 Å². The molecule has 0 heterocycles. The lowest BCUT2D eigenvalue weighted by Crippen LogP contribution is -1.95. The third kappa shape index (κ3) is 1.33. The van der Waals surface area contributed by atoms with Gasteiger partial charge in [-0.15, -0.1) is 0 Å². The molecule has 2 aromatic carbocycles. The van der Waals surface area contributed by atoms with Gasteiger partial charge in [0.1, 0.15) is 5.75 Å². The Labute approximate surface area is 94.7 Å². The van der Waals surface area contributed by atoms with Crippen LogP contribution < -0.4 is 0 Å². The van der Waals surface area contributed by atoms with E-state index in [-0.39, 0.29) is 5.92 Å². The van der Waals surface area contributed by atoms with Gasteiger partial charge in [0, 0.05) is 11.5 Å². The van der Waals surface area contributed by atoms with E-state index in [0.29, 0.717) is 5.75 Å². The zero-order valence-electron chi connectivity index (χ0n) is 8.80. The van der Waals surface area contributed by atoms with Crippen LogP contribution in [0.5, 0.6) is 5.75 Å². The van der Waals surface area contributed by atoms with Crippen LogP contribution in [0.1, 0.15) is 22.6 Å². The van der Waals surface area contributed by atoms with Gasteiger partial charge in [0.25, 0.3) is 0 Å². The van der Waals surface area contributed by atoms with Gasteiger partial charge in [-0.25, -0.2) is 0 Å². The van der Waals surface area contributed by atoms with Gasteiger partial charge in [-0.05, 0) is 17.2 Å². The average molecular weight is 208 g/mol. The monoisotopic (exact) mass is 208 g/mol. The van der Waals surface area contributed by atoms with E-state index in [0.717, 1.165) is 5.56 Å². The number of phenols is 1. The molecule has 0 saturated heterocycles. The summed E-state index contributed by atoms with van der Waals surface area (Å²) in [6.45, 7) is 0. The van der Waals surface area contributed by atoms with Crippen molar-refractivity contribution in [3.05, 3.63) is 71.3 Å². The van der Waals surface area contributed by atoms with Crippen molar-refractivity contribution < 1.29 is 5.11 Å². The van der Waals surface area contributed by atoms with E-state index in [1.54, 1.807) is 6.07 Å². The summed E-state index contributed by atoms with van der Waals surface area (Å²) in [5, 5.41) is 9.86. The van der Waals surface area contributed by atoms with Gasteiger partial charge in [0.2, 0.25) is 0 Å². The number of aromatic hydroxyl groups is 1. The maximum atomic E-state index is 9.86. The molecule has 78 valence electrons. The maximum absolute atomic E-state index is 9.86. The average Bonchev–Trinajstić information content (AvgIpc) is 2.74. The second kappa shape index (κ2) is 3.53. The Morgan fingerprint density at radius 2 is 1.50 bits per heavy atom. The van der Waals surface area contributed by atoms with E-state index >= 15 is 0 Å². The molecular weight excluding hydrogens is 196 g/mol. The maximum Gasteiger partial charge on any atom is 0.119 e. The van der Waals surface area contributed by atoms with Crippen molar-refractivity contribution in [2.45, 2.75) is 5.92 Å². The second-order valence-corrected chi connectivity index (χ2v) is 4.02. The van der Waals surface area contributed by atoms with E-state index in [4.69, 9.17) is 0 Å². The second-order valence-electron chi connectivity index (χ2n) is 4.02. The van der Waals surface area contributed by atoms with Crippen molar-refractivity contribution in [3.8, 4) is 5.75 Å². The molecule has 1 heteroatoms. The molecule has 16 heavy (non-hydrogen) atoms. The van der Waals surface area contributed by atoms with E-state index in [9.17, 15) is 5.11 Å². The minimum atomic E-state index is 0.192.